The molecule has 0 bridgehead atoms. The summed E-state index contributed by atoms with van der Waals surface area (Å²) < 4.78 is 16.3. The van der Waals surface area contributed by atoms with Crippen LogP contribution in [0.3, 0.4) is 0 Å². The van der Waals surface area contributed by atoms with Crippen molar-refractivity contribution in [1.82, 2.24) is 4.90 Å². The number of nitrogens with zero attached hydrogens (tertiary/aromatic N) is 1. The summed E-state index contributed by atoms with van der Waals surface area (Å²) in [7, 11) is 1.74. The van der Waals surface area contributed by atoms with Gasteiger partial charge in [0.2, 0.25) is 6.79 Å². The van der Waals surface area contributed by atoms with E-state index in [4.69, 9.17) is 14.2 Å². The van der Waals surface area contributed by atoms with Crippen LogP contribution in [0, 0.1) is 6.92 Å². The van der Waals surface area contributed by atoms with E-state index in [1.165, 1.54) is 0 Å². The van der Waals surface area contributed by atoms with Crippen LogP contribution in [0.2, 0.25) is 0 Å². The van der Waals surface area contributed by atoms with Crippen LogP contribution < -0.4 is 14.8 Å². The van der Waals surface area contributed by atoms with E-state index < -0.39 is 0 Å². The topological polar surface area (TPSA) is 60.0 Å². The molecule has 0 unspecified atom stereocenters. The molecule has 0 aliphatic carbocycles. The smallest absolute Gasteiger partial charge is 0.321 e. The number of carbonyl (C=O) groups is 1. The molecule has 1 aromatic carbocycles. The van der Waals surface area contributed by atoms with Crippen molar-refractivity contribution in [3.8, 4) is 11.5 Å². The van der Waals surface area contributed by atoms with Crippen molar-refractivity contribution in [2.45, 2.75) is 38.7 Å². The molecule has 2 heterocycles. The molecule has 1 fully saturated rings. The maximum Gasteiger partial charge on any atom is 0.321 e. The lowest BCUT2D eigenvalue weighted by atomic mass is 9.97. The number of hydrogen-bond donors (Lipinski definition) is 1. The summed E-state index contributed by atoms with van der Waals surface area (Å²) in [6, 6.07) is 3.64. The Labute approximate surface area is 136 Å². The summed E-state index contributed by atoms with van der Waals surface area (Å²) in [4.78, 5) is 14.4. The zero-order valence-corrected chi connectivity index (χ0v) is 14.0. The minimum Gasteiger partial charge on any atom is -0.454 e. The Morgan fingerprint density at radius 1 is 1.26 bits per heavy atom. The predicted octanol–water partition coefficient (Wildman–Crippen LogP) is 3.15. The second-order valence-electron chi connectivity index (χ2n) is 6.45. The first-order chi connectivity index (χ1) is 11.0. The lowest BCUT2D eigenvalue weighted by molar-refractivity contribution is -0.00491. The van der Waals surface area contributed by atoms with Gasteiger partial charge in [-0.1, -0.05) is 0 Å². The maximum atomic E-state index is 12.6. The first kappa shape index (κ1) is 15.9. The molecule has 0 spiro atoms. The summed E-state index contributed by atoms with van der Waals surface area (Å²) in [6.45, 7) is 5.72. The molecule has 126 valence electrons. The highest BCUT2D eigenvalue weighted by Crippen LogP contribution is 2.36. The number of likely N-dealkylation sites (tertiary alicyclic amines) is 1. The van der Waals surface area contributed by atoms with Gasteiger partial charge in [-0.2, -0.15) is 0 Å². The number of carbonyl (C=O) groups excluding carboxylic acids is 1. The lowest BCUT2D eigenvalue weighted by Gasteiger charge is -2.26. The second-order valence-corrected chi connectivity index (χ2v) is 6.45. The summed E-state index contributed by atoms with van der Waals surface area (Å²) >= 11 is 0. The van der Waals surface area contributed by atoms with E-state index >= 15 is 0 Å². The summed E-state index contributed by atoms with van der Waals surface area (Å²) in [5, 5.41) is 2.99. The highest BCUT2D eigenvalue weighted by atomic mass is 16.7. The van der Waals surface area contributed by atoms with Gasteiger partial charge in [-0.15, -0.1) is 0 Å². The summed E-state index contributed by atoms with van der Waals surface area (Å²) in [6.07, 6.45) is 2.76. The number of anilines is 1. The van der Waals surface area contributed by atoms with Crippen molar-refractivity contribution in [2.24, 2.45) is 0 Å². The molecule has 6 heteroatoms. The third-order valence-electron chi connectivity index (χ3n) is 4.79. The van der Waals surface area contributed by atoms with Crippen LogP contribution in [0.1, 0.15) is 31.7 Å². The third-order valence-corrected chi connectivity index (χ3v) is 4.79. The van der Waals surface area contributed by atoms with E-state index in [0.717, 1.165) is 42.8 Å². The standard InChI is InChI=1S/C17H24N2O4/c1-12-9-14-15(23-11-22-14)10-13(12)18-16(20)19-7-4-5-17(2,21-3)6-8-19/h9-10H,4-8,11H2,1-3H3,(H,18,20)/t17-/m0/s1. The first-order valence-corrected chi connectivity index (χ1v) is 8.02. The molecule has 0 aromatic heterocycles. The zero-order chi connectivity index (χ0) is 16.4. The van der Waals surface area contributed by atoms with Gasteiger partial charge in [0.25, 0.3) is 0 Å². The third kappa shape index (κ3) is 3.37. The molecule has 3 rings (SSSR count). The van der Waals surface area contributed by atoms with Crippen LogP contribution in [-0.4, -0.2) is 43.5 Å². The van der Waals surface area contributed by atoms with Gasteiger partial charge in [0, 0.05) is 32.0 Å². The minimum absolute atomic E-state index is 0.0766. The van der Waals surface area contributed by atoms with Crippen LogP contribution in [0.15, 0.2) is 12.1 Å². The Morgan fingerprint density at radius 2 is 2.00 bits per heavy atom. The van der Waals surface area contributed by atoms with E-state index in [9.17, 15) is 4.79 Å². The Hall–Kier alpha value is -1.95. The normalized spacial score (nSPS) is 23.5. The zero-order valence-electron chi connectivity index (χ0n) is 14.0. The first-order valence-electron chi connectivity index (χ1n) is 8.02. The average molecular weight is 320 g/mol. The number of amides is 2. The molecule has 1 saturated heterocycles. The number of urea groups is 1. The van der Waals surface area contributed by atoms with E-state index in [-0.39, 0.29) is 18.4 Å². The second kappa shape index (κ2) is 6.28. The average Bonchev–Trinajstić information content (AvgIpc) is 2.87. The van der Waals surface area contributed by atoms with Crippen molar-refractivity contribution in [1.29, 1.82) is 0 Å². The van der Waals surface area contributed by atoms with Crippen molar-refractivity contribution >= 4 is 11.7 Å². The predicted molar refractivity (Wildman–Crippen MR) is 87.2 cm³/mol. The molecule has 1 N–H and O–H groups in total. The molecule has 6 nitrogen and oxygen atoms in total. The van der Waals surface area contributed by atoms with Crippen LogP contribution in [-0.2, 0) is 4.74 Å². The van der Waals surface area contributed by atoms with Crippen molar-refractivity contribution < 1.29 is 19.0 Å². The molecule has 1 aromatic rings. The number of hydrogen-bond acceptors (Lipinski definition) is 4. The number of rotatable bonds is 2. The van der Waals surface area contributed by atoms with E-state index in [2.05, 4.69) is 12.2 Å². The fraction of sp³-hybridized carbons (Fsp3) is 0.588. The van der Waals surface area contributed by atoms with Gasteiger partial charge in [0.1, 0.15) is 0 Å². The quantitative estimate of drug-likeness (QED) is 0.909. The van der Waals surface area contributed by atoms with Crippen molar-refractivity contribution in [3.05, 3.63) is 17.7 Å². The van der Waals surface area contributed by atoms with Gasteiger partial charge >= 0.3 is 6.03 Å². The molecular weight excluding hydrogens is 296 g/mol. The number of aryl methyl sites for hydroxylation is 1. The van der Waals surface area contributed by atoms with Gasteiger partial charge < -0.3 is 24.4 Å². The van der Waals surface area contributed by atoms with E-state index in [1.807, 2.05) is 24.0 Å². The van der Waals surface area contributed by atoms with Crippen LogP contribution in [0.5, 0.6) is 11.5 Å². The summed E-state index contributed by atoms with van der Waals surface area (Å²) in [5.74, 6) is 1.40. The largest absolute Gasteiger partial charge is 0.454 e. The molecule has 23 heavy (non-hydrogen) atoms. The van der Waals surface area contributed by atoms with Crippen LogP contribution in [0.25, 0.3) is 0 Å². The Balaban J connectivity index is 1.68. The summed E-state index contributed by atoms with van der Waals surface area (Å²) in [5.41, 5.74) is 1.58. The highest BCUT2D eigenvalue weighted by molar-refractivity contribution is 5.90. The Kier molecular flexibility index (Phi) is 4.35. The van der Waals surface area contributed by atoms with Crippen molar-refractivity contribution in [2.75, 3.05) is 32.3 Å². The minimum atomic E-state index is -0.135. The maximum absolute atomic E-state index is 12.6. The van der Waals surface area contributed by atoms with E-state index in [0.29, 0.717) is 12.3 Å². The van der Waals surface area contributed by atoms with Gasteiger partial charge in [0.05, 0.1) is 5.60 Å². The SMILES string of the molecule is CO[C@@]1(C)CCCN(C(=O)Nc2cc3c(cc2C)OCO3)CC1. The van der Waals surface area contributed by atoms with E-state index in [1.54, 1.807) is 7.11 Å². The lowest BCUT2D eigenvalue weighted by Crippen LogP contribution is -2.37. The Morgan fingerprint density at radius 3 is 2.74 bits per heavy atom. The fourth-order valence-electron chi connectivity index (χ4n) is 3.03. The molecule has 0 saturated carbocycles. The van der Waals surface area contributed by atoms with Crippen LogP contribution >= 0.6 is 0 Å². The van der Waals surface area contributed by atoms with Crippen LogP contribution in [0.4, 0.5) is 10.5 Å². The molecule has 1 atom stereocenters. The monoisotopic (exact) mass is 320 g/mol. The number of ether oxygens (including phenoxy) is 3. The number of methoxy groups -OCH3 is 1. The Bertz CT molecular complexity index is 605. The van der Waals surface area contributed by atoms with Gasteiger partial charge in [-0.3, -0.25) is 0 Å². The molecule has 2 aliphatic heterocycles. The van der Waals surface area contributed by atoms with Gasteiger partial charge in [0.15, 0.2) is 11.5 Å². The molecular formula is C17H24N2O4. The molecule has 0 radical (unpaired) electrons. The van der Waals surface area contributed by atoms with Gasteiger partial charge in [-0.25, -0.2) is 4.79 Å². The number of fused-ring (bicyclic) bond motifs is 1. The molecule has 2 amide bonds. The van der Waals surface area contributed by atoms with Gasteiger partial charge in [-0.05, 0) is 44.7 Å². The number of benzene rings is 1. The fourth-order valence-corrected chi connectivity index (χ4v) is 3.03. The number of nitrogens with one attached hydrogen (secondary N) is 1. The molecule has 2 aliphatic rings. The highest BCUT2D eigenvalue weighted by Gasteiger charge is 2.29. The van der Waals surface area contributed by atoms with Crippen molar-refractivity contribution in [3.63, 3.8) is 0 Å².